The number of carboxylic acids is 1. The molecular formula is C31H27NO4. The molecule has 5 rings (SSSR count). The Balaban J connectivity index is 1.27. The van der Waals surface area contributed by atoms with Crippen molar-refractivity contribution in [3.05, 3.63) is 120 Å². The maximum atomic E-state index is 12.9. The summed E-state index contributed by atoms with van der Waals surface area (Å²) in [5, 5.41) is 9.88. The molecule has 0 aromatic heterocycles. The summed E-state index contributed by atoms with van der Waals surface area (Å²) in [7, 11) is 1.48. The molecule has 4 aromatic carbocycles. The Morgan fingerprint density at radius 2 is 1.31 bits per heavy atom. The van der Waals surface area contributed by atoms with Crippen molar-refractivity contribution >= 4 is 12.1 Å². The van der Waals surface area contributed by atoms with E-state index in [0.717, 1.165) is 38.9 Å². The van der Waals surface area contributed by atoms with Crippen molar-refractivity contribution in [2.24, 2.45) is 0 Å². The topological polar surface area (TPSA) is 66.8 Å². The third-order valence-corrected chi connectivity index (χ3v) is 6.87. The van der Waals surface area contributed by atoms with Gasteiger partial charge in [0.2, 0.25) is 0 Å². The molecule has 0 fully saturated rings. The summed E-state index contributed by atoms with van der Waals surface area (Å²) >= 11 is 0. The Labute approximate surface area is 210 Å². The van der Waals surface area contributed by atoms with Gasteiger partial charge in [0.15, 0.2) is 0 Å². The van der Waals surface area contributed by atoms with Crippen LogP contribution in [0.2, 0.25) is 0 Å². The van der Waals surface area contributed by atoms with Crippen LogP contribution in [0, 0.1) is 0 Å². The lowest BCUT2D eigenvalue weighted by atomic mass is 9.98. The molecule has 1 N–H and O–H groups in total. The first-order valence-corrected chi connectivity index (χ1v) is 12.0. The summed E-state index contributed by atoms with van der Waals surface area (Å²) in [4.78, 5) is 26.2. The smallest absolute Gasteiger partial charge is 0.410 e. The molecule has 0 saturated heterocycles. The predicted molar refractivity (Wildman–Crippen MR) is 140 cm³/mol. The number of aliphatic carboxylic acids is 1. The summed E-state index contributed by atoms with van der Waals surface area (Å²) in [6, 6.07) is 32.9. The Bertz CT molecular complexity index is 1340. The highest BCUT2D eigenvalue weighted by molar-refractivity contribution is 5.81. The molecule has 0 saturated carbocycles. The van der Waals surface area contributed by atoms with Gasteiger partial charge in [-0.15, -0.1) is 0 Å². The van der Waals surface area contributed by atoms with Gasteiger partial charge in [0.1, 0.15) is 12.6 Å². The Morgan fingerprint density at radius 3 is 1.89 bits per heavy atom. The van der Waals surface area contributed by atoms with Gasteiger partial charge in [-0.1, -0.05) is 103 Å². The second kappa shape index (κ2) is 10.1. The number of amides is 1. The number of rotatable bonds is 7. The molecule has 0 spiro atoms. The molecule has 0 radical (unpaired) electrons. The van der Waals surface area contributed by atoms with E-state index >= 15 is 0 Å². The van der Waals surface area contributed by atoms with Crippen molar-refractivity contribution in [3.63, 3.8) is 0 Å². The van der Waals surface area contributed by atoms with E-state index in [9.17, 15) is 14.7 Å². The average Bonchev–Trinajstić information content (AvgIpc) is 3.24. The van der Waals surface area contributed by atoms with Gasteiger partial charge in [-0.2, -0.15) is 0 Å². The fourth-order valence-corrected chi connectivity index (χ4v) is 4.90. The molecule has 1 amide bonds. The van der Waals surface area contributed by atoms with E-state index in [1.165, 1.54) is 11.9 Å². The molecule has 5 nitrogen and oxygen atoms in total. The van der Waals surface area contributed by atoms with Gasteiger partial charge >= 0.3 is 12.1 Å². The van der Waals surface area contributed by atoms with Gasteiger partial charge in [0, 0.05) is 19.4 Å². The molecule has 0 aliphatic heterocycles. The molecule has 180 valence electrons. The first-order valence-electron chi connectivity index (χ1n) is 12.0. The largest absolute Gasteiger partial charge is 0.480 e. The summed E-state index contributed by atoms with van der Waals surface area (Å²) in [5.41, 5.74) is 7.49. The van der Waals surface area contributed by atoms with E-state index in [1.807, 2.05) is 78.9 Å². The van der Waals surface area contributed by atoms with Gasteiger partial charge in [-0.25, -0.2) is 9.59 Å². The number of nitrogens with zero attached hydrogens (tertiary/aromatic N) is 1. The number of benzene rings is 4. The number of fused-ring (bicyclic) bond motifs is 3. The highest BCUT2D eigenvalue weighted by Gasteiger charge is 2.32. The van der Waals surface area contributed by atoms with Crippen LogP contribution in [0.15, 0.2) is 103 Å². The zero-order chi connectivity index (χ0) is 25.1. The van der Waals surface area contributed by atoms with E-state index in [2.05, 4.69) is 24.3 Å². The minimum atomic E-state index is -1.07. The highest BCUT2D eigenvalue weighted by atomic mass is 16.6. The maximum absolute atomic E-state index is 12.9. The third kappa shape index (κ3) is 4.60. The Kier molecular flexibility index (Phi) is 6.54. The number of carboxylic acid groups (broad SMARTS) is 1. The molecule has 1 aliphatic carbocycles. The van der Waals surface area contributed by atoms with Gasteiger partial charge in [-0.3, -0.25) is 4.90 Å². The van der Waals surface area contributed by atoms with E-state index < -0.39 is 18.1 Å². The number of hydrogen-bond acceptors (Lipinski definition) is 3. The second-order valence-electron chi connectivity index (χ2n) is 9.04. The Morgan fingerprint density at radius 1 is 0.778 bits per heavy atom. The summed E-state index contributed by atoms with van der Waals surface area (Å²) in [6.07, 6.45) is -0.462. The fourth-order valence-electron chi connectivity index (χ4n) is 4.90. The zero-order valence-electron chi connectivity index (χ0n) is 20.0. The van der Waals surface area contributed by atoms with Crippen LogP contribution in [0.5, 0.6) is 0 Å². The normalized spacial score (nSPS) is 12.9. The van der Waals surface area contributed by atoms with Crippen LogP contribution in [-0.2, 0) is 16.0 Å². The quantitative estimate of drug-likeness (QED) is 0.343. The fraction of sp³-hybridized carbons (Fsp3) is 0.161. The van der Waals surface area contributed by atoms with Crippen molar-refractivity contribution < 1.29 is 19.4 Å². The lowest BCUT2D eigenvalue weighted by molar-refractivity contribution is -0.142. The minimum Gasteiger partial charge on any atom is -0.480 e. The van der Waals surface area contributed by atoms with Gasteiger partial charge < -0.3 is 9.84 Å². The second-order valence-corrected chi connectivity index (χ2v) is 9.04. The number of carbonyl (C=O) groups is 2. The lowest BCUT2D eigenvalue weighted by Gasteiger charge is -2.25. The monoisotopic (exact) mass is 477 g/mol. The van der Waals surface area contributed by atoms with Gasteiger partial charge in [0.25, 0.3) is 0 Å². The standard InChI is InChI=1S/C31H27NO4/c1-32(29(30(33)34)19-21-15-17-23(18-16-21)22-9-3-2-4-10-22)31(35)36-20-28-26-13-7-5-11-24(26)25-12-6-8-14-27(25)28/h2-18,28-29H,19-20H2,1H3,(H,33,34)/t29-/m0/s1. The Hall–Kier alpha value is -4.38. The third-order valence-electron chi connectivity index (χ3n) is 6.87. The molecule has 0 bridgehead atoms. The van der Waals surface area contributed by atoms with Crippen LogP contribution in [-0.4, -0.2) is 41.8 Å². The molecule has 4 aromatic rings. The zero-order valence-corrected chi connectivity index (χ0v) is 20.0. The van der Waals surface area contributed by atoms with Gasteiger partial charge in [-0.05, 0) is 38.9 Å². The van der Waals surface area contributed by atoms with E-state index in [1.54, 1.807) is 0 Å². The van der Waals surface area contributed by atoms with Crippen LogP contribution in [0.25, 0.3) is 22.3 Å². The van der Waals surface area contributed by atoms with E-state index in [4.69, 9.17) is 4.74 Å². The molecule has 36 heavy (non-hydrogen) atoms. The molecule has 5 heteroatoms. The van der Waals surface area contributed by atoms with Gasteiger partial charge in [0.05, 0.1) is 0 Å². The first kappa shape index (κ1) is 23.4. The SMILES string of the molecule is CN(C(=O)OCC1c2ccccc2-c2ccccc21)[C@@H](Cc1ccc(-c2ccccc2)cc1)C(=O)O. The first-order chi connectivity index (χ1) is 17.5. The number of ether oxygens (including phenoxy) is 1. The van der Waals surface area contributed by atoms with Crippen molar-refractivity contribution in [2.75, 3.05) is 13.7 Å². The van der Waals surface area contributed by atoms with Crippen molar-refractivity contribution in [2.45, 2.75) is 18.4 Å². The molecular weight excluding hydrogens is 450 g/mol. The number of carbonyl (C=O) groups excluding carboxylic acids is 1. The molecule has 1 atom stereocenters. The molecule has 0 heterocycles. The minimum absolute atomic E-state index is 0.0800. The highest BCUT2D eigenvalue weighted by Crippen LogP contribution is 2.44. The molecule has 1 aliphatic rings. The van der Waals surface area contributed by atoms with Crippen molar-refractivity contribution in [1.82, 2.24) is 4.90 Å². The van der Waals surface area contributed by atoms with Crippen LogP contribution >= 0.6 is 0 Å². The summed E-state index contributed by atoms with van der Waals surface area (Å²) in [6.45, 7) is 0.148. The summed E-state index contributed by atoms with van der Waals surface area (Å²) < 4.78 is 5.67. The lowest BCUT2D eigenvalue weighted by Crippen LogP contribution is -2.44. The van der Waals surface area contributed by atoms with Crippen LogP contribution < -0.4 is 0 Å². The van der Waals surface area contributed by atoms with Crippen molar-refractivity contribution in [1.29, 1.82) is 0 Å². The number of likely N-dealkylation sites (N-methyl/N-ethyl adjacent to an activating group) is 1. The van der Waals surface area contributed by atoms with Crippen LogP contribution in [0.3, 0.4) is 0 Å². The van der Waals surface area contributed by atoms with E-state index in [-0.39, 0.29) is 18.9 Å². The predicted octanol–water partition coefficient (Wildman–Crippen LogP) is 6.23. The van der Waals surface area contributed by atoms with E-state index in [0.29, 0.717) is 0 Å². The number of hydrogen-bond donors (Lipinski definition) is 1. The average molecular weight is 478 g/mol. The molecule has 0 unspecified atom stereocenters. The maximum Gasteiger partial charge on any atom is 0.410 e. The summed E-state index contributed by atoms with van der Waals surface area (Å²) in [5.74, 6) is -1.15. The van der Waals surface area contributed by atoms with Crippen LogP contribution in [0.1, 0.15) is 22.6 Å². The van der Waals surface area contributed by atoms with Crippen molar-refractivity contribution in [3.8, 4) is 22.3 Å². The van der Waals surface area contributed by atoms with Crippen LogP contribution in [0.4, 0.5) is 4.79 Å².